The second-order valence-electron chi connectivity index (χ2n) is 7.99. The number of amides is 1. The van der Waals surface area contributed by atoms with Crippen molar-refractivity contribution < 1.29 is 4.79 Å². The van der Waals surface area contributed by atoms with Crippen molar-refractivity contribution in [2.24, 2.45) is 11.3 Å². The van der Waals surface area contributed by atoms with Crippen LogP contribution in [-0.2, 0) is 4.79 Å². The molecule has 3 heteroatoms. The van der Waals surface area contributed by atoms with Crippen molar-refractivity contribution in [3.05, 3.63) is 0 Å². The lowest BCUT2D eigenvalue weighted by molar-refractivity contribution is -0.124. The maximum Gasteiger partial charge on any atom is 0.237 e. The molecule has 1 heterocycles. The Morgan fingerprint density at radius 1 is 1.10 bits per heavy atom. The third kappa shape index (κ3) is 5.08. The first-order chi connectivity index (χ1) is 9.44. The first-order valence-corrected chi connectivity index (χ1v) is 8.48. The predicted octanol–water partition coefficient (Wildman–Crippen LogP) is 3.24. The Morgan fingerprint density at radius 3 is 2.35 bits per heavy atom. The minimum Gasteiger partial charge on any atom is -0.352 e. The summed E-state index contributed by atoms with van der Waals surface area (Å²) in [5.74, 6) is 1.10. The summed E-state index contributed by atoms with van der Waals surface area (Å²) < 4.78 is 0. The Morgan fingerprint density at radius 2 is 1.80 bits per heavy atom. The van der Waals surface area contributed by atoms with Crippen LogP contribution in [0, 0.1) is 11.3 Å². The van der Waals surface area contributed by atoms with Gasteiger partial charge >= 0.3 is 0 Å². The first-order valence-electron chi connectivity index (χ1n) is 8.48. The lowest BCUT2D eigenvalue weighted by atomic mass is 9.76. The van der Waals surface area contributed by atoms with E-state index in [0.29, 0.717) is 11.5 Å². The molecule has 1 amide bonds. The van der Waals surface area contributed by atoms with Gasteiger partial charge in [0.2, 0.25) is 5.91 Å². The smallest absolute Gasteiger partial charge is 0.237 e. The van der Waals surface area contributed by atoms with Crippen LogP contribution in [0.15, 0.2) is 0 Å². The quantitative estimate of drug-likeness (QED) is 0.833. The van der Waals surface area contributed by atoms with E-state index in [-0.39, 0.29) is 11.9 Å². The Bertz CT molecular complexity index is 307. The number of hydrogen-bond acceptors (Lipinski definition) is 2. The van der Waals surface area contributed by atoms with E-state index in [0.717, 1.165) is 18.9 Å². The fraction of sp³-hybridized carbons (Fsp3) is 0.941. The second kappa shape index (κ2) is 6.93. The Balaban J connectivity index is 1.70. The van der Waals surface area contributed by atoms with E-state index in [1.807, 2.05) is 0 Å². The van der Waals surface area contributed by atoms with Crippen molar-refractivity contribution in [3.8, 4) is 0 Å². The van der Waals surface area contributed by atoms with E-state index in [1.165, 1.54) is 44.9 Å². The summed E-state index contributed by atoms with van der Waals surface area (Å²) in [6.07, 6.45) is 9.60. The maximum absolute atomic E-state index is 12.2. The van der Waals surface area contributed by atoms with Crippen LogP contribution in [-0.4, -0.2) is 24.5 Å². The van der Waals surface area contributed by atoms with Crippen LogP contribution in [0.2, 0.25) is 0 Å². The first kappa shape index (κ1) is 15.8. The topological polar surface area (TPSA) is 41.1 Å². The minimum absolute atomic E-state index is 0.0658. The minimum atomic E-state index is 0.0658. The van der Waals surface area contributed by atoms with Gasteiger partial charge in [0, 0.05) is 6.04 Å². The van der Waals surface area contributed by atoms with Gasteiger partial charge in [-0.3, -0.25) is 4.79 Å². The zero-order chi connectivity index (χ0) is 14.6. The molecule has 0 spiro atoms. The summed E-state index contributed by atoms with van der Waals surface area (Å²) in [6, 6.07) is 0.485. The van der Waals surface area contributed by atoms with Crippen LogP contribution in [0.25, 0.3) is 0 Å². The zero-order valence-corrected chi connectivity index (χ0v) is 13.5. The van der Waals surface area contributed by atoms with Gasteiger partial charge in [-0.05, 0) is 62.8 Å². The number of carbonyl (C=O) groups excluding carboxylic acids is 1. The van der Waals surface area contributed by atoms with Crippen molar-refractivity contribution in [2.45, 2.75) is 84.2 Å². The normalized spacial score (nSPS) is 31.9. The van der Waals surface area contributed by atoms with Gasteiger partial charge in [0.1, 0.15) is 0 Å². The summed E-state index contributed by atoms with van der Waals surface area (Å²) in [6.45, 7) is 7.98. The number of nitrogens with one attached hydrogen (secondary N) is 2. The molecule has 1 aliphatic heterocycles. The van der Waals surface area contributed by atoms with Crippen LogP contribution in [0.1, 0.15) is 72.1 Å². The lowest BCUT2D eigenvalue weighted by Gasteiger charge is -2.34. The van der Waals surface area contributed by atoms with Crippen molar-refractivity contribution >= 4 is 5.91 Å². The largest absolute Gasteiger partial charge is 0.352 e. The van der Waals surface area contributed by atoms with E-state index in [1.54, 1.807) is 0 Å². The number of carbonyl (C=O) groups is 1. The number of rotatable bonds is 3. The Hall–Kier alpha value is -0.570. The van der Waals surface area contributed by atoms with Gasteiger partial charge in [-0.25, -0.2) is 0 Å². The van der Waals surface area contributed by atoms with Crippen molar-refractivity contribution in [2.75, 3.05) is 6.54 Å². The third-order valence-electron chi connectivity index (χ3n) is 4.72. The molecule has 1 unspecified atom stereocenters. The van der Waals surface area contributed by atoms with Crippen LogP contribution in [0.3, 0.4) is 0 Å². The monoisotopic (exact) mass is 280 g/mol. The van der Waals surface area contributed by atoms with E-state index in [9.17, 15) is 4.79 Å². The van der Waals surface area contributed by atoms with Crippen LogP contribution >= 0.6 is 0 Å². The molecule has 0 aromatic carbocycles. The summed E-state index contributed by atoms with van der Waals surface area (Å²) in [7, 11) is 0. The van der Waals surface area contributed by atoms with Gasteiger partial charge in [0.25, 0.3) is 0 Å². The van der Waals surface area contributed by atoms with E-state index in [2.05, 4.69) is 31.4 Å². The molecule has 2 aliphatic rings. The summed E-state index contributed by atoms with van der Waals surface area (Å²) >= 11 is 0. The highest BCUT2D eigenvalue weighted by Gasteiger charge is 2.28. The molecule has 116 valence electrons. The standard InChI is InChI=1S/C17H32N2O/c1-17(2,3)12-13-7-9-14(10-8-13)19-16(20)15-6-4-5-11-18-15/h13-15,18H,4-12H2,1-3H3,(H,19,20). The molecular weight excluding hydrogens is 248 g/mol. The molecule has 0 bridgehead atoms. The van der Waals surface area contributed by atoms with Gasteiger partial charge in [-0.2, -0.15) is 0 Å². The van der Waals surface area contributed by atoms with Crippen molar-refractivity contribution in [1.82, 2.24) is 10.6 Å². The third-order valence-corrected chi connectivity index (χ3v) is 4.72. The Kier molecular flexibility index (Phi) is 5.48. The molecule has 2 fully saturated rings. The van der Waals surface area contributed by atoms with Gasteiger partial charge < -0.3 is 10.6 Å². The van der Waals surface area contributed by atoms with Gasteiger partial charge in [0.05, 0.1) is 6.04 Å². The van der Waals surface area contributed by atoms with Crippen molar-refractivity contribution in [3.63, 3.8) is 0 Å². The molecule has 1 atom stereocenters. The lowest BCUT2D eigenvalue weighted by Crippen LogP contribution is -2.50. The van der Waals surface area contributed by atoms with E-state index >= 15 is 0 Å². The summed E-state index contributed by atoms with van der Waals surface area (Å²) in [4.78, 5) is 12.2. The van der Waals surface area contributed by atoms with Gasteiger partial charge in [-0.15, -0.1) is 0 Å². The van der Waals surface area contributed by atoms with E-state index in [4.69, 9.17) is 0 Å². The van der Waals surface area contributed by atoms with Gasteiger partial charge in [-0.1, -0.05) is 27.2 Å². The van der Waals surface area contributed by atoms with E-state index < -0.39 is 0 Å². The maximum atomic E-state index is 12.2. The molecule has 1 aliphatic carbocycles. The number of piperidine rings is 1. The fourth-order valence-corrected chi connectivity index (χ4v) is 3.75. The van der Waals surface area contributed by atoms with Gasteiger partial charge in [0.15, 0.2) is 0 Å². The molecule has 2 rings (SSSR count). The predicted molar refractivity (Wildman–Crippen MR) is 83.6 cm³/mol. The average molecular weight is 280 g/mol. The SMILES string of the molecule is CC(C)(C)CC1CCC(NC(=O)C2CCCCN2)CC1. The summed E-state index contributed by atoms with van der Waals surface area (Å²) in [5, 5.41) is 6.61. The Labute approximate surface area is 124 Å². The molecule has 0 aromatic heterocycles. The average Bonchev–Trinajstić information content (AvgIpc) is 2.40. The fourth-order valence-electron chi connectivity index (χ4n) is 3.75. The molecular formula is C17H32N2O. The van der Waals surface area contributed by atoms with Crippen LogP contribution in [0.5, 0.6) is 0 Å². The second-order valence-corrected chi connectivity index (χ2v) is 7.99. The van der Waals surface area contributed by atoms with Crippen LogP contribution in [0.4, 0.5) is 0 Å². The number of hydrogen-bond donors (Lipinski definition) is 2. The molecule has 3 nitrogen and oxygen atoms in total. The molecule has 1 saturated carbocycles. The highest BCUT2D eigenvalue weighted by Crippen LogP contribution is 2.34. The molecule has 0 radical (unpaired) electrons. The molecule has 2 N–H and O–H groups in total. The molecule has 0 aromatic rings. The molecule has 20 heavy (non-hydrogen) atoms. The van der Waals surface area contributed by atoms with Crippen LogP contribution < -0.4 is 10.6 Å². The molecule has 1 saturated heterocycles. The highest BCUT2D eigenvalue weighted by atomic mass is 16.2. The summed E-state index contributed by atoms with van der Waals surface area (Å²) in [5.41, 5.74) is 0.437. The zero-order valence-electron chi connectivity index (χ0n) is 13.5. The highest BCUT2D eigenvalue weighted by molar-refractivity contribution is 5.82. The van der Waals surface area contributed by atoms with Crippen molar-refractivity contribution in [1.29, 1.82) is 0 Å².